The molecule has 0 N–H and O–H groups in total. The molecule has 2 aromatic rings. The molecule has 0 radical (unpaired) electrons. The van der Waals surface area contributed by atoms with Crippen LogP contribution in [-0.2, 0) is 28.4 Å². The Hall–Kier alpha value is -2.28. The van der Waals surface area contributed by atoms with Gasteiger partial charge >= 0.3 is 0 Å². The van der Waals surface area contributed by atoms with E-state index in [4.69, 9.17) is 4.74 Å². The largest absolute Gasteiger partial charge is 0.473 e. The van der Waals surface area contributed by atoms with Crippen LogP contribution in [0.1, 0.15) is 76.6 Å². The fraction of sp³-hybridized carbons (Fsp3) is 0.429. The number of hydrogen-bond donors (Lipinski definition) is 0. The predicted octanol–water partition coefficient (Wildman–Crippen LogP) is 7.89. The lowest BCUT2D eigenvalue weighted by molar-refractivity contribution is 0.398. The monoisotopic (exact) mass is 390 g/mol. The van der Waals surface area contributed by atoms with Crippen LogP contribution in [0.5, 0.6) is 0 Å². The Morgan fingerprint density at radius 2 is 0.931 bits per heavy atom. The second-order valence-corrected chi connectivity index (χ2v) is 9.85. The number of ether oxygens (including phenoxy) is 1. The van der Waals surface area contributed by atoms with E-state index in [1.807, 2.05) is 0 Å². The SMILES string of the molecule is CC(C)(C)c1ccc(CCC=COC=CCCc2ccc(C(C)(C)C)cc2)cc1. The van der Waals surface area contributed by atoms with Crippen LogP contribution in [0.25, 0.3) is 0 Å². The lowest BCUT2D eigenvalue weighted by Crippen LogP contribution is -2.10. The van der Waals surface area contributed by atoms with E-state index in [0.29, 0.717) is 0 Å². The highest BCUT2D eigenvalue weighted by Crippen LogP contribution is 2.23. The van der Waals surface area contributed by atoms with Gasteiger partial charge in [0, 0.05) is 0 Å². The van der Waals surface area contributed by atoms with Crippen LogP contribution in [0.2, 0.25) is 0 Å². The molecule has 156 valence electrons. The molecule has 0 aliphatic carbocycles. The van der Waals surface area contributed by atoms with Crippen molar-refractivity contribution in [2.45, 2.75) is 78.1 Å². The van der Waals surface area contributed by atoms with Crippen molar-refractivity contribution in [3.05, 3.63) is 95.5 Å². The van der Waals surface area contributed by atoms with Crippen LogP contribution in [0, 0.1) is 0 Å². The topological polar surface area (TPSA) is 9.23 Å². The molecule has 0 fully saturated rings. The van der Waals surface area contributed by atoms with Crippen molar-refractivity contribution >= 4 is 0 Å². The van der Waals surface area contributed by atoms with E-state index >= 15 is 0 Å². The molecular weight excluding hydrogens is 352 g/mol. The average molecular weight is 391 g/mol. The summed E-state index contributed by atoms with van der Waals surface area (Å²) >= 11 is 0. The molecule has 0 amide bonds. The average Bonchev–Trinajstić information content (AvgIpc) is 2.66. The first-order valence-electron chi connectivity index (χ1n) is 10.8. The molecule has 1 nitrogen and oxygen atoms in total. The van der Waals surface area contributed by atoms with Crippen molar-refractivity contribution in [1.82, 2.24) is 0 Å². The molecule has 0 saturated carbocycles. The summed E-state index contributed by atoms with van der Waals surface area (Å²) in [5, 5.41) is 0. The number of hydrogen-bond acceptors (Lipinski definition) is 1. The zero-order valence-electron chi connectivity index (χ0n) is 19.2. The third kappa shape index (κ3) is 8.31. The Balaban J connectivity index is 1.63. The molecular formula is C28H38O. The molecule has 0 atom stereocenters. The van der Waals surface area contributed by atoms with Crippen LogP contribution in [0.3, 0.4) is 0 Å². The number of rotatable bonds is 8. The van der Waals surface area contributed by atoms with Crippen molar-refractivity contribution in [3.63, 3.8) is 0 Å². The summed E-state index contributed by atoms with van der Waals surface area (Å²) < 4.78 is 5.48. The zero-order valence-corrected chi connectivity index (χ0v) is 19.2. The van der Waals surface area contributed by atoms with E-state index in [-0.39, 0.29) is 10.8 Å². The number of benzene rings is 2. The van der Waals surface area contributed by atoms with Crippen LogP contribution in [0.15, 0.2) is 73.2 Å². The molecule has 2 aromatic carbocycles. The lowest BCUT2D eigenvalue weighted by Gasteiger charge is -2.19. The van der Waals surface area contributed by atoms with Gasteiger partial charge in [-0.05, 0) is 70.9 Å². The molecule has 0 bridgehead atoms. The summed E-state index contributed by atoms with van der Waals surface area (Å²) in [6.45, 7) is 13.5. The highest BCUT2D eigenvalue weighted by Gasteiger charge is 2.13. The molecule has 0 aliphatic rings. The first-order chi connectivity index (χ1) is 13.7. The normalized spacial score (nSPS) is 12.8. The quantitative estimate of drug-likeness (QED) is 0.416. The van der Waals surface area contributed by atoms with Gasteiger partial charge in [-0.3, -0.25) is 0 Å². The zero-order chi connectivity index (χ0) is 21.3. The Morgan fingerprint density at radius 1 is 0.586 bits per heavy atom. The van der Waals surface area contributed by atoms with Gasteiger partial charge in [-0.1, -0.05) is 90.1 Å². The van der Waals surface area contributed by atoms with Crippen LogP contribution in [-0.4, -0.2) is 0 Å². The standard InChI is InChI=1S/C28H38O/c1-27(2,3)25-17-13-23(14-18-25)11-7-9-21-29-22-10-8-12-24-15-19-26(20-16-24)28(4,5)6/h9-10,13-22H,7-8,11-12H2,1-6H3. The first-order valence-corrected chi connectivity index (χ1v) is 10.8. The smallest absolute Gasteiger partial charge is 0.0861 e. The van der Waals surface area contributed by atoms with Gasteiger partial charge in [-0.25, -0.2) is 0 Å². The summed E-state index contributed by atoms with van der Waals surface area (Å²) in [5.74, 6) is 0. The molecule has 0 heterocycles. The molecule has 0 aliphatic heterocycles. The van der Waals surface area contributed by atoms with Crippen LogP contribution < -0.4 is 0 Å². The van der Waals surface area contributed by atoms with Crippen molar-refractivity contribution in [2.75, 3.05) is 0 Å². The maximum atomic E-state index is 5.48. The molecule has 0 spiro atoms. The molecule has 0 saturated heterocycles. The summed E-state index contributed by atoms with van der Waals surface area (Å²) in [7, 11) is 0. The molecule has 0 aromatic heterocycles. The minimum absolute atomic E-state index is 0.217. The maximum absolute atomic E-state index is 5.48. The van der Waals surface area contributed by atoms with Crippen molar-refractivity contribution in [1.29, 1.82) is 0 Å². The highest BCUT2D eigenvalue weighted by atomic mass is 16.5. The van der Waals surface area contributed by atoms with Gasteiger partial charge in [-0.2, -0.15) is 0 Å². The molecule has 0 unspecified atom stereocenters. The van der Waals surface area contributed by atoms with E-state index in [1.54, 1.807) is 12.5 Å². The number of allylic oxidation sites excluding steroid dienone is 2. The Morgan fingerprint density at radius 3 is 1.24 bits per heavy atom. The van der Waals surface area contributed by atoms with E-state index in [0.717, 1.165) is 25.7 Å². The highest BCUT2D eigenvalue weighted by molar-refractivity contribution is 5.28. The fourth-order valence-electron chi connectivity index (χ4n) is 3.14. The van der Waals surface area contributed by atoms with Gasteiger partial charge in [0.2, 0.25) is 0 Å². The summed E-state index contributed by atoms with van der Waals surface area (Å²) in [4.78, 5) is 0. The Labute approximate surface area is 178 Å². The van der Waals surface area contributed by atoms with E-state index in [2.05, 4.69) is 102 Å². The van der Waals surface area contributed by atoms with Gasteiger partial charge in [0.1, 0.15) is 0 Å². The summed E-state index contributed by atoms with van der Waals surface area (Å²) in [6.07, 6.45) is 11.8. The maximum Gasteiger partial charge on any atom is 0.0861 e. The summed E-state index contributed by atoms with van der Waals surface area (Å²) in [6, 6.07) is 17.9. The Bertz CT molecular complexity index is 709. The van der Waals surface area contributed by atoms with Crippen molar-refractivity contribution in [3.8, 4) is 0 Å². The number of aryl methyl sites for hydroxylation is 2. The van der Waals surface area contributed by atoms with Gasteiger partial charge in [0.25, 0.3) is 0 Å². The fourth-order valence-corrected chi connectivity index (χ4v) is 3.14. The summed E-state index contributed by atoms with van der Waals surface area (Å²) in [5.41, 5.74) is 5.94. The minimum atomic E-state index is 0.217. The van der Waals surface area contributed by atoms with Gasteiger partial charge in [0.05, 0.1) is 12.5 Å². The third-order valence-corrected chi connectivity index (χ3v) is 5.19. The predicted molar refractivity (Wildman–Crippen MR) is 126 cm³/mol. The lowest BCUT2D eigenvalue weighted by atomic mass is 9.86. The molecule has 1 heteroatoms. The minimum Gasteiger partial charge on any atom is -0.473 e. The van der Waals surface area contributed by atoms with Gasteiger partial charge in [-0.15, -0.1) is 0 Å². The molecule has 29 heavy (non-hydrogen) atoms. The second kappa shape index (κ2) is 10.5. The van der Waals surface area contributed by atoms with Crippen molar-refractivity contribution < 1.29 is 4.74 Å². The van der Waals surface area contributed by atoms with Crippen LogP contribution in [0.4, 0.5) is 0 Å². The van der Waals surface area contributed by atoms with Gasteiger partial charge < -0.3 is 4.74 Å². The van der Waals surface area contributed by atoms with E-state index in [9.17, 15) is 0 Å². The van der Waals surface area contributed by atoms with Crippen molar-refractivity contribution in [2.24, 2.45) is 0 Å². The Kier molecular flexibility index (Phi) is 8.32. The molecule has 2 rings (SSSR count). The van der Waals surface area contributed by atoms with E-state index < -0.39 is 0 Å². The van der Waals surface area contributed by atoms with E-state index in [1.165, 1.54) is 22.3 Å². The third-order valence-electron chi connectivity index (χ3n) is 5.19. The first kappa shape index (κ1) is 23.0. The van der Waals surface area contributed by atoms with Gasteiger partial charge in [0.15, 0.2) is 0 Å². The van der Waals surface area contributed by atoms with Crippen LogP contribution >= 0.6 is 0 Å². The second-order valence-electron chi connectivity index (χ2n) is 9.85.